The van der Waals surface area contributed by atoms with Gasteiger partial charge in [-0.2, -0.15) is 5.10 Å². The van der Waals surface area contributed by atoms with Crippen LogP contribution in [-0.2, 0) is 11.2 Å². The molecule has 1 aliphatic heterocycles. The minimum Gasteiger partial charge on any atom is -0.273 e. The van der Waals surface area contributed by atoms with Gasteiger partial charge in [-0.1, -0.05) is 47.5 Å². The van der Waals surface area contributed by atoms with E-state index in [2.05, 4.69) is 56.3 Å². The Morgan fingerprint density at radius 2 is 1.80 bits per heavy atom. The molecule has 1 aliphatic carbocycles. The maximum absolute atomic E-state index is 12.3. The van der Waals surface area contributed by atoms with Crippen molar-refractivity contribution in [1.29, 1.82) is 0 Å². The summed E-state index contributed by atoms with van der Waals surface area (Å²) in [5.41, 5.74) is 7.36. The number of hydrogen-bond acceptors (Lipinski definition) is 2. The molecule has 2 aromatic rings. The number of nitrogens with zero attached hydrogens (tertiary/aromatic N) is 2. The van der Waals surface area contributed by atoms with Crippen LogP contribution in [0, 0.1) is 19.8 Å². The zero-order valence-electron chi connectivity index (χ0n) is 15.1. The number of carbonyl (C=O) groups excluding carboxylic acids is 1. The van der Waals surface area contributed by atoms with Gasteiger partial charge in [0, 0.05) is 18.4 Å². The first-order valence-corrected chi connectivity index (χ1v) is 9.09. The highest BCUT2D eigenvalue weighted by atomic mass is 16.2. The summed E-state index contributed by atoms with van der Waals surface area (Å²) in [4.78, 5) is 12.3. The van der Waals surface area contributed by atoms with Crippen LogP contribution in [0.15, 0.2) is 47.6 Å². The smallest absolute Gasteiger partial charge is 0.240 e. The highest BCUT2D eigenvalue weighted by molar-refractivity contribution is 6.06. The van der Waals surface area contributed by atoms with E-state index < -0.39 is 0 Å². The van der Waals surface area contributed by atoms with Crippen molar-refractivity contribution in [2.45, 2.75) is 46.1 Å². The third-order valence-corrected chi connectivity index (χ3v) is 5.46. The van der Waals surface area contributed by atoms with Crippen molar-refractivity contribution in [3.63, 3.8) is 0 Å². The Kier molecular flexibility index (Phi) is 3.95. The molecule has 2 aromatic carbocycles. The Morgan fingerprint density at radius 1 is 1.08 bits per heavy atom. The van der Waals surface area contributed by atoms with Gasteiger partial charge in [-0.3, -0.25) is 4.79 Å². The van der Waals surface area contributed by atoms with Crippen molar-refractivity contribution in [1.82, 2.24) is 5.01 Å². The minimum atomic E-state index is 0.0135. The summed E-state index contributed by atoms with van der Waals surface area (Å²) in [5.74, 6) is 0.287. The van der Waals surface area contributed by atoms with Crippen LogP contribution in [0.4, 0.5) is 0 Å². The average molecular weight is 332 g/mol. The van der Waals surface area contributed by atoms with Gasteiger partial charge in [-0.25, -0.2) is 5.01 Å². The van der Waals surface area contributed by atoms with E-state index in [9.17, 15) is 4.79 Å². The first-order valence-electron chi connectivity index (χ1n) is 9.09. The molecule has 0 bridgehead atoms. The van der Waals surface area contributed by atoms with Crippen molar-refractivity contribution < 1.29 is 4.79 Å². The molecule has 1 amide bonds. The summed E-state index contributed by atoms with van der Waals surface area (Å²) in [6.45, 7) is 5.83. The van der Waals surface area contributed by atoms with Gasteiger partial charge in [0.05, 0.1) is 11.8 Å². The lowest BCUT2D eigenvalue weighted by Gasteiger charge is -2.26. The largest absolute Gasteiger partial charge is 0.273 e. The van der Waals surface area contributed by atoms with Gasteiger partial charge in [-0.05, 0) is 50.3 Å². The van der Waals surface area contributed by atoms with Crippen LogP contribution in [0.2, 0.25) is 0 Å². The Balaban J connectivity index is 1.84. The van der Waals surface area contributed by atoms with E-state index in [0.29, 0.717) is 0 Å². The predicted octanol–water partition coefficient (Wildman–Crippen LogP) is 4.56. The van der Waals surface area contributed by atoms with Crippen LogP contribution >= 0.6 is 0 Å². The second kappa shape index (κ2) is 6.14. The lowest BCUT2D eigenvalue weighted by Crippen LogP contribution is -2.29. The molecule has 0 N–H and O–H groups in total. The fraction of sp³-hybridized carbons (Fsp3) is 0.364. The highest BCUT2D eigenvalue weighted by Gasteiger charge is 2.41. The number of carbonyl (C=O) groups is 1. The zero-order valence-corrected chi connectivity index (χ0v) is 15.1. The molecule has 1 heterocycles. The molecule has 3 nitrogen and oxygen atoms in total. The third kappa shape index (κ3) is 2.78. The summed E-state index contributed by atoms with van der Waals surface area (Å²) >= 11 is 0. The minimum absolute atomic E-state index is 0.0135. The molecule has 0 saturated carbocycles. The number of benzene rings is 2. The molecule has 0 unspecified atom stereocenters. The number of amides is 1. The molecule has 25 heavy (non-hydrogen) atoms. The number of rotatable bonds is 1. The molecule has 128 valence electrons. The SMILES string of the molecule is CC(=O)N1N=C2c3cc(C)ccc3CCC[C@H]2[C@H]1c1ccc(C)cc1. The van der Waals surface area contributed by atoms with Gasteiger partial charge in [-0.15, -0.1) is 0 Å². The molecule has 0 fully saturated rings. The Bertz CT molecular complexity index is 851. The van der Waals surface area contributed by atoms with E-state index in [0.717, 1.165) is 25.0 Å². The molecule has 2 aliphatic rings. The highest BCUT2D eigenvalue weighted by Crippen LogP contribution is 2.42. The van der Waals surface area contributed by atoms with Crippen LogP contribution in [0.3, 0.4) is 0 Å². The Labute approximate surface area is 149 Å². The lowest BCUT2D eigenvalue weighted by atomic mass is 9.85. The van der Waals surface area contributed by atoms with E-state index in [1.165, 1.54) is 27.8 Å². The van der Waals surface area contributed by atoms with Crippen LogP contribution in [0.5, 0.6) is 0 Å². The topological polar surface area (TPSA) is 32.7 Å². The second-order valence-corrected chi connectivity index (χ2v) is 7.36. The quantitative estimate of drug-likeness (QED) is 0.753. The van der Waals surface area contributed by atoms with Gasteiger partial charge < -0.3 is 0 Å². The zero-order chi connectivity index (χ0) is 17.6. The van der Waals surface area contributed by atoms with E-state index in [-0.39, 0.29) is 17.9 Å². The molecule has 0 saturated heterocycles. The predicted molar refractivity (Wildman–Crippen MR) is 101 cm³/mol. The first kappa shape index (κ1) is 16.1. The molecule has 3 heteroatoms. The maximum atomic E-state index is 12.3. The lowest BCUT2D eigenvalue weighted by molar-refractivity contribution is -0.131. The summed E-state index contributed by atoms with van der Waals surface area (Å²) in [6.07, 6.45) is 3.29. The van der Waals surface area contributed by atoms with Crippen molar-refractivity contribution in [2.75, 3.05) is 0 Å². The number of fused-ring (bicyclic) bond motifs is 3. The van der Waals surface area contributed by atoms with Gasteiger partial charge >= 0.3 is 0 Å². The van der Waals surface area contributed by atoms with Crippen LogP contribution < -0.4 is 0 Å². The van der Waals surface area contributed by atoms with Crippen molar-refractivity contribution in [2.24, 2.45) is 11.0 Å². The maximum Gasteiger partial charge on any atom is 0.240 e. The normalized spacial score (nSPS) is 22.0. The first-order chi connectivity index (χ1) is 12.0. The summed E-state index contributed by atoms with van der Waals surface area (Å²) in [6, 6.07) is 15.2. The molecule has 0 radical (unpaired) electrons. The Morgan fingerprint density at radius 3 is 2.52 bits per heavy atom. The van der Waals surface area contributed by atoms with Crippen LogP contribution in [0.1, 0.15) is 53.6 Å². The molecular weight excluding hydrogens is 308 g/mol. The van der Waals surface area contributed by atoms with Crippen molar-refractivity contribution in [3.8, 4) is 0 Å². The van der Waals surface area contributed by atoms with E-state index in [1.54, 1.807) is 11.9 Å². The molecule has 2 atom stereocenters. The number of aryl methyl sites for hydroxylation is 3. The standard InChI is InChI=1S/C22H24N2O/c1-14-7-11-18(12-8-14)22-19-6-4-5-17-10-9-15(2)13-20(17)21(19)23-24(22)16(3)25/h7-13,19,22H,4-6H2,1-3H3/t19-,22-/m1/s1. The summed E-state index contributed by atoms with van der Waals surface area (Å²) in [7, 11) is 0. The van der Waals surface area contributed by atoms with Crippen LogP contribution in [-0.4, -0.2) is 16.6 Å². The van der Waals surface area contributed by atoms with E-state index >= 15 is 0 Å². The average Bonchev–Trinajstić information content (AvgIpc) is 2.88. The second-order valence-electron chi connectivity index (χ2n) is 7.36. The van der Waals surface area contributed by atoms with Crippen molar-refractivity contribution >= 4 is 11.6 Å². The molecule has 0 spiro atoms. The van der Waals surface area contributed by atoms with Crippen LogP contribution in [0.25, 0.3) is 0 Å². The molecular formula is C22H24N2O. The van der Waals surface area contributed by atoms with E-state index in [1.807, 2.05) is 0 Å². The van der Waals surface area contributed by atoms with Gasteiger partial charge in [0.1, 0.15) is 0 Å². The fourth-order valence-electron chi connectivity index (χ4n) is 4.18. The third-order valence-electron chi connectivity index (χ3n) is 5.46. The van der Waals surface area contributed by atoms with Gasteiger partial charge in [0.15, 0.2) is 0 Å². The summed E-state index contributed by atoms with van der Waals surface area (Å²) in [5, 5.41) is 6.54. The Hall–Kier alpha value is -2.42. The monoisotopic (exact) mass is 332 g/mol. The fourth-order valence-corrected chi connectivity index (χ4v) is 4.18. The van der Waals surface area contributed by atoms with Crippen molar-refractivity contribution in [3.05, 3.63) is 70.3 Å². The van der Waals surface area contributed by atoms with E-state index in [4.69, 9.17) is 5.10 Å². The van der Waals surface area contributed by atoms with Gasteiger partial charge in [0.25, 0.3) is 0 Å². The molecule has 0 aromatic heterocycles. The number of hydrogen-bond donors (Lipinski definition) is 0. The van der Waals surface area contributed by atoms with Gasteiger partial charge in [0.2, 0.25) is 5.91 Å². The molecule has 4 rings (SSSR count). The summed E-state index contributed by atoms with van der Waals surface area (Å²) < 4.78 is 0. The number of hydrazone groups is 1.